The molecule has 1 N–H and O–H groups in total. The Balaban J connectivity index is 1.26. The van der Waals surface area contributed by atoms with Crippen LogP contribution in [0.3, 0.4) is 0 Å². The van der Waals surface area contributed by atoms with Crippen molar-refractivity contribution in [1.82, 2.24) is 4.90 Å². The fourth-order valence-electron chi connectivity index (χ4n) is 3.82. The van der Waals surface area contributed by atoms with Crippen LogP contribution in [0.1, 0.15) is 26.2 Å². The molecule has 0 bridgehead atoms. The SMILES string of the molecule is C[C@H](OC(=O)CCN1C(=O)[C@H]2CC=CC[C@@H]2C1=O)C(=O)Nc1ccc2c(c1)OCO2. The van der Waals surface area contributed by atoms with Crippen molar-refractivity contribution in [1.29, 1.82) is 0 Å². The highest BCUT2D eigenvalue weighted by molar-refractivity contribution is 6.05. The fourth-order valence-corrected chi connectivity index (χ4v) is 3.82. The molecule has 9 nitrogen and oxygen atoms in total. The van der Waals surface area contributed by atoms with E-state index in [0.717, 1.165) is 4.90 Å². The summed E-state index contributed by atoms with van der Waals surface area (Å²) in [6.07, 6.45) is 3.71. The predicted octanol–water partition coefficient (Wildman–Crippen LogP) is 1.63. The van der Waals surface area contributed by atoms with Gasteiger partial charge in [0.05, 0.1) is 18.3 Å². The fraction of sp³-hybridized carbons (Fsp3) is 0.429. The summed E-state index contributed by atoms with van der Waals surface area (Å²) in [5, 5.41) is 2.64. The highest BCUT2D eigenvalue weighted by Crippen LogP contribution is 2.35. The van der Waals surface area contributed by atoms with Crippen LogP contribution in [-0.4, -0.2) is 48.0 Å². The smallest absolute Gasteiger partial charge is 0.308 e. The van der Waals surface area contributed by atoms with Crippen LogP contribution in [-0.2, 0) is 23.9 Å². The molecule has 4 rings (SSSR count). The topological polar surface area (TPSA) is 111 Å². The van der Waals surface area contributed by atoms with E-state index in [1.165, 1.54) is 6.92 Å². The lowest BCUT2D eigenvalue weighted by molar-refractivity contribution is -0.154. The summed E-state index contributed by atoms with van der Waals surface area (Å²) >= 11 is 0. The molecule has 1 aliphatic carbocycles. The normalized spacial score (nSPS) is 22.6. The molecule has 1 aromatic rings. The molecule has 0 saturated carbocycles. The summed E-state index contributed by atoms with van der Waals surface area (Å²) < 4.78 is 15.6. The number of hydrogen-bond donors (Lipinski definition) is 1. The molecule has 9 heteroatoms. The number of imide groups is 1. The number of amides is 3. The Bertz CT molecular complexity index is 900. The summed E-state index contributed by atoms with van der Waals surface area (Å²) in [5.74, 6) is -1.19. The summed E-state index contributed by atoms with van der Waals surface area (Å²) in [5.41, 5.74) is 0.483. The van der Waals surface area contributed by atoms with E-state index in [9.17, 15) is 19.2 Å². The van der Waals surface area contributed by atoms with Gasteiger partial charge in [0, 0.05) is 18.3 Å². The van der Waals surface area contributed by atoms with Gasteiger partial charge in [-0.3, -0.25) is 24.1 Å². The monoisotopic (exact) mass is 414 g/mol. The molecule has 3 atom stereocenters. The molecule has 2 aliphatic heterocycles. The Labute approximate surface area is 172 Å². The molecule has 30 heavy (non-hydrogen) atoms. The van der Waals surface area contributed by atoms with Gasteiger partial charge in [0.1, 0.15) is 0 Å². The van der Waals surface area contributed by atoms with Crippen molar-refractivity contribution in [2.75, 3.05) is 18.7 Å². The van der Waals surface area contributed by atoms with Gasteiger partial charge in [-0.2, -0.15) is 0 Å². The van der Waals surface area contributed by atoms with Crippen LogP contribution in [0.4, 0.5) is 5.69 Å². The van der Waals surface area contributed by atoms with Crippen LogP contribution in [0.2, 0.25) is 0 Å². The zero-order valence-corrected chi connectivity index (χ0v) is 16.5. The first-order chi connectivity index (χ1) is 14.4. The van der Waals surface area contributed by atoms with Crippen LogP contribution in [0.15, 0.2) is 30.4 Å². The van der Waals surface area contributed by atoms with E-state index in [1.54, 1.807) is 18.2 Å². The maximum Gasteiger partial charge on any atom is 0.308 e. The zero-order chi connectivity index (χ0) is 21.3. The Morgan fingerprint density at radius 2 is 1.80 bits per heavy atom. The van der Waals surface area contributed by atoms with Gasteiger partial charge >= 0.3 is 5.97 Å². The maximum atomic E-state index is 12.4. The predicted molar refractivity (Wildman–Crippen MR) is 103 cm³/mol. The molecule has 0 unspecified atom stereocenters. The summed E-state index contributed by atoms with van der Waals surface area (Å²) in [7, 11) is 0. The lowest BCUT2D eigenvalue weighted by atomic mass is 9.85. The number of carbonyl (C=O) groups is 4. The molecule has 1 fully saturated rings. The quantitative estimate of drug-likeness (QED) is 0.428. The molecule has 158 valence electrons. The third-order valence-corrected chi connectivity index (χ3v) is 5.46. The molecule has 1 aromatic carbocycles. The molecular weight excluding hydrogens is 392 g/mol. The van der Waals surface area contributed by atoms with Gasteiger partial charge in [-0.25, -0.2) is 0 Å². The number of esters is 1. The first-order valence-electron chi connectivity index (χ1n) is 9.84. The van der Waals surface area contributed by atoms with Crippen molar-refractivity contribution < 1.29 is 33.4 Å². The summed E-state index contributed by atoms with van der Waals surface area (Å²) in [6.45, 7) is 1.54. The largest absolute Gasteiger partial charge is 0.454 e. The number of nitrogens with one attached hydrogen (secondary N) is 1. The molecule has 1 saturated heterocycles. The lowest BCUT2D eigenvalue weighted by Crippen LogP contribution is -2.35. The van der Waals surface area contributed by atoms with Crippen LogP contribution < -0.4 is 14.8 Å². The number of nitrogens with zero attached hydrogens (tertiary/aromatic N) is 1. The second-order valence-electron chi connectivity index (χ2n) is 7.42. The molecular formula is C21H22N2O7. The number of fused-ring (bicyclic) bond motifs is 2. The van der Waals surface area contributed by atoms with E-state index in [0.29, 0.717) is 30.0 Å². The van der Waals surface area contributed by atoms with E-state index < -0.39 is 18.0 Å². The van der Waals surface area contributed by atoms with Gasteiger partial charge in [-0.1, -0.05) is 12.2 Å². The van der Waals surface area contributed by atoms with E-state index >= 15 is 0 Å². The number of benzene rings is 1. The Morgan fingerprint density at radius 3 is 2.50 bits per heavy atom. The lowest BCUT2D eigenvalue weighted by Gasteiger charge is -2.16. The van der Waals surface area contributed by atoms with Crippen molar-refractivity contribution in [3.63, 3.8) is 0 Å². The number of rotatable bonds is 6. The molecule has 0 aromatic heterocycles. The Morgan fingerprint density at radius 1 is 1.13 bits per heavy atom. The third kappa shape index (κ3) is 3.87. The summed E-state index contributed by atoms with van der Waals surface area (Å²) in [6, 6.07) is 4.94. The van der Waals surface area contributed by atoms with Gasteiger partial charge in [-0.15, -0.1) is 0 Å². The first-order valence-corrected chi connectivity index (χ1v) is 9.84. The number of ether oxygens (including phenoxy) is 3. The van der Waals surface area contributed by atoms with E-state index in [-0.39, 0.29) is 43.4 Å². The second-order valence-corrected chi connectivity index (χ2v) is 7.42. The van der Waals surface area contributed by atoms with Crippen molar-refractivity contribution in [2.45, 2.75) is 32.3 Å². The first kappa shape index (κ1) is 19.9. The number of allylic oxidation sites excluding steroid dienone is 2. The molecule has 2 heterocycles. The minimum atomic E-state index is -1.04. The van der Waals surface area contributed by atoms with Gasteiger partial charge in [0.2, 0.25) is 18.6 Å². The van der Waals surface area contributed by atoms with Crippen molar-refractivity contribution in [2.24, 2.45) is 11.8 Å². The van der Waals surface area contributed by atoms with Crippen LogP contribution >= 0.6 is 0 Å². The standard InChI is InChI=1S/C21H22N2O7/c1-12(19(25)22-13-6-7-16-17(10-13)29-11-28-16)30-18(24)8-9-23-20(26)14-4-2-3-5-15(14)21(23)27/h2-3,6-7,10,12,14-15H,4-5,8-9,11H2,1H3,(H,22,25)/t12-,14-,15-/m0/s1. The van der Waals surface area contributed by atoms with Gasteiger partial charge in [0.25, 0.3) is 5.91 Å². The highest BCUT2D eigenvalue weighted by Gasteiger charge is 2.47. The van der Waals surface area contributed by atoms with Crippen molar-refractivity contribution in [3.8, 4) is 11.5 Å². The summed E-state index contributed by atoms with van der Waals surface area (Å²) in [4.78, 5) is 50.4. The maximum absolute atomic E-state index is 12.4. The Kier molecular flexibility index (Phi) is 5.43. The molecule has 0 radical (unpaired) electrons. The number of hydrogen-bond acceptors (Lipinski definition) is 7. The minimum absolute atomic E-state index is 0.0417. The molecule has 3 aliphatic rings. The minimum Gasteiger partial charge on any atom is -0.454 e. The molecule has 0 spiro atoms. The zero-order valence-electron chi connectivity index (χ0n) is 16.5. The number of likely N-dealkylation sites (tertiary alicyclic amines) is 1. The van der Waals surface area contributed by atoms with Crippen molar-refractivity contribution in [3.05, 3.63) is 30.4 Å². The van der Waals surface area contributed by atoms with Gasteiger partial charge in [-0.05, 0) is 31.9 Å². The Hall–Kier alpha value is -3.36. The molecule has 3 amide bonds. The van der Waals surface area contributed by atoms with Gasteiger partial charge < -0.3 is 19.5 Å². The second kappa shape index (κ2) is 8.17. The van der Waals surface area contributed by atoms with E-state index in [1.807, 2.05) is 12.2 Å². The number of carbonyl (C=O) groups excluding carboxylic acids is 4. The van der Waals surface area contributed by atoms with Crippen LogP contribution in [0.5, 0.6) is 11.5 Å². The van der Waals surface area contributed by atoms with E-state index in [4.69, 9.17) is 14.2 Å². The number of anilines is 1. The van der Waals surface area contributed by atoms with Crippen LogP contribution in [0.25, 0.3) is 0 Å². The third-order valence-electron chi connectivity index (χ3n) is 5.46. The van der Waals surface area contributed by atoms with Crippen molar-refractivity contribution >= 4 is 29.4 Å². The highest BCUT2D eigenvalue weighted by atomic mass is 16.7. The average Bonchev–Trinajstić information content (AvgIpc) is 3.29. The average molecular weight is 414 g/mol. The van der Waals surface area contributed by atoms with Gasteiger partial charge in [0.15, 0.2) is 17.6 Å². The van der Waals surface area contributed by atoms with E-state index in [2.05, 4.69) is 5.32 Å². The van der Waals surface area contributed by atoms with Crippen LogP contribution in [0, 0.1) is 11.8 Å².